The number of hydrogen-bond donors (Lipinski definition) is 2. The average Bonchev–Trinajstić information content (AvgIpc) is 2.86. The number of rotatable bonds is 3. The molecule has 1 aromatic heterocycles. The molecule has 0 aromatic carbocycles. The van der Waals surface area contributed by atoms with Crippen molar-refractivity contribution in [2.24, 2.45) is 4.99 Å². The predicted molar refractivity (Wildman–Crippen MR) is 85.0 cm³/mol. The fraction of sp³-hybridized carbons (Fsp3) is 0.462. The fourth-order valence-electron chi connectivity index (χ4n) is 2.24. The van der Waals surface area contributed by atoms with Crippen molar-refractivity contribution in [1.82, 2.24) is 10.3 Å². The number of aromatic nitrogens is 1. The van der Waals surface area contributed by atoms with Gasteiger partial charge in [-0.3, -0.25) is 14.4 Å². The van der Waals surface area contributed by atoms with Gasteiger partial charge in [-0.05, 0) is 25.7 Å². The Balaban J connectivity index is 1.53. The van der Waals surface area contributed by atoms with Gasteiger partial charge in [0.05, 0.1) is 11.4 Å². The summed E-state index contributed by atoms with van der Waals surface area (Å²) in [5.41, 5.74) is 1.09. The molecular weight excluding hydrogens is 324 g/mol. The second-order valence-electron chi connectivity index (χ2n) is 4.97. The zero-order valence-corrected chi connectivity index (χ0v) is 13.3. The number of fused-ring (bicyclic) bond motifs is 1. The lowest BCUT2D eigenvalue weighted by Crippen LogP contribution is -2.35. The molecule has 1 aliphatic heterocycles. The SMILES string of the molecule is O=C1CC(=O)NC(SCC(=O)Nc2nc3c(s2)CCCC3)=N1. The lowest BCUT2D eigenvalue weighted by molar-refractivity contribution is -0.127. The normalized spacial score (nSPS) is 17.5. The van der Waals surface area contributed by atoms with Crippen LogP contribution in [0.3, 0.4) is 0 Å². The van der Waals surface area contributed by atoms with Crippen LogP contribution in [0.2, 0.25) is 0 Å². The number of nitrogens with zero attached hydrogens (tertiary/aromatic N) is 2. The Morgan fingerprint density at radius 2 is 2.14 bits per heavy atom. The summed E-state index contributed by atoms with van der Waals surface area (Å²) < 4.78 is 0. The van der Waals surface area contributed by atoms with Crippen LogP contribution in [0.5, 0.6) is 0 Å². The Bertz CT molecular complexity index is 645. The van der Waals surface area contributed by atoms with Crippen molar-refractivity contribution in [3.8, 4) is 0 Å². The van der Waals surface area contributed by atoms with Crippen LogP contribution in [0.25, 0.3) is 0 Å². The van der Waals surface area contributed by atoms with Crippen LogP contribution >= 0.6 is 23.1 Å². The lowest BCUT2D eigenvalue weighted by Gasteiger charge is -2.11. The first-order valence-corrected chi connectivity index (χ1v) is 8.73. The number of aliphatic imine (C=N–C) groups is 1. The highest BCUT2D eigenvalue weighted by atomic mass is 32.2. The number of nitrogens with one attached hydrogen (secondary N) is 2. The zero-order chi connectivity index (χ0) is 15.5. The summed E-state index contributed by atoms with van der Waals surface area (Å²) in [6, 6.07) is 0. The molecular formula is C13H14N4O3S2. The number of carbonyl (C=O) groups is 3. The molecule has 0 fully saturated rings. The molecule has 1 aromatic rings. The highest BCUT2D eigenvalue weighted by Gasteiger charge is 2.20. The number of aryl methyl sites for hydroxylation is 2. The van der Waals surface area contributed by atoms with E-state index in [0.717, 1.165) is 36.7 Å². The van der Waals surface area contributed by atoms with E-state index in [0.29, 0.717) is 5.13 Å². The van der Waals surface area contributed by atoms with Crippen LogP contribution < -0.4 is 10.6 Å². The Hall–Kier alpha value is -1.74. The van der Waals surface area contributed by atoms with Crippen molar-refractivity contribution in [3.05, 3.63) is 10.6 Å². The number of thioether (sulfide) groups is 1. The summed E-state index contributed by atoms with van der Waals surface area (Å²) in [5.74, 6) is -1.04. The van der Waals surface area contributed by atoms with Crippen LogP contribution in [0.1, 0.15) is 29.8 Å². The molecule has 0 spiro atoms. The molecule has 2 aliphatic rings. The van der Waals surface area contributed by atoms with Crippen LogP contribution in [0.4, 0.5) is 5.13 Å². The second-order valence-corrected chi connectivity index (χ2v) is 7.02. The van der Waals surface area contributed by atoms with E-state index in [1.807, 2.05) is 0 Å². The summed E-state index contributed by atoms with van der Waals surface area (Å²) in [6.07, 6.45) is 4.09. The minimum Gasteiger partial charge on any atom is -0.305 e. The molecule has 0 bridgehead atoms. The molecule has 9 heteroatoms. The van der Waals surface area contributed by atoms with Gasteiger partial charge >= 0.3 is 0 Å². The number of anilines is 1. The van der Waals surface area contributed by atoms with E-state index in [-0.39, 0.29) is 23.2 Å². The van der Waals surface area contributed by atoms with E-state index in [4.69, 9.17) is 0 Å². The monoisotopic (exact) mass is 338 g/mol. The third kappa shape index (κ3) is 3.72. The van der Waals surface area contributed by atoms with Crippen molar-refractivity contribution in [3.63, 3.8) is 0 Å². The Kier molecular flexibility index (Phi) is 4.53. The maximum absolute atomic E-state index is 11.9. The standard InChI is InChI=1S/C13H14N4O3S2/c18-9-5-10(19)16-12(15-9)21-6-11(20)17-13-14-7-3-1-2-4-8(7)22-13/h1-6H2,(H,14,17,20)(H,15,16,18,19). The number of hydrogen-bond acceptors (Lipinski definition) is 6. The van der Waals surface area contributed by atoms with Gasteiger partial charge in [0.2, 0.25) is 11.8 Å². The van der Waals surface area contributed by atoms with Crippen LogP contribution in [0.15, 0.2) is 4.99 Å². The molecule has 1 aliphatic carbocycles. The van der Waals surface area contributed by atoms with Crippen LogP contribution in [-0.4, -0.2) is 33.6 Å². The first-order valence-electron chi connectivity index (χ1n) is 6.93. The van der Waals surface area contributed by atoms with Crippen LogP contribution in [-0.2, 0) is 27.2 Å². The van der Waals surface area contributed by atoms with Gasteiger partial charge in [-0.25, -0.2) is 4.98 Å². The van der Waals surface area contributed by atoms with Gasteiger partial charge in [-0.15, -0.1) is 11.3 Å². The fourth-order valence-corrected chi connectivity index (χ4v) is 4.00. The van der Waals surface area contributed by atoms with E-state index in [9.17, 15) is 14.4 Å². The smallest absolute Gasteiger partial charge is 0.257 e. The summed E-state index contributed by atoms with van der Waals surface area (Å²) in [5, 5.41) is 6.01. The van der Waals surface area contributed by atoms with Gasteiger partial charge in [0.25, 0.3) is 5.91 Å². The number of amidine groups is 1. The predicted octanol–water partition coefficient (Wildman–Crippen LogP) is 1.10. The highest BCUT2D eigenvalue weighted by molar-refractivity contribution is 8.14. The Morgan fingerprint density at radius 1 is 1.32 bits per heavy atom. The van der Waals surface area contributed by atoms with E-state index in [2.05, 4.69) is 20.6 Å². The third-order valence-corrected chi connectivity index (χ3v) is 5.16. The lowest BCUT2D eigenvalue weighted by atomic mass is 10.0. The maximum Gasteiger partial charge on any atom is 0.257 e. The molecule has 0 saturated carbocycles. The Morgan fingerprint density at radius 3 is 2.91 bits per heavy atom. The molecule has 0 unspecified atom stereocenters. The van der Waals surface area contributed by atoms with Gasteiger partial charge in [0.15, 0.2) is 10.3 Å². The quantitative estimate of drug-likeness (QED) is 0.804. The summed E-state index contributed by atoms with van der Waals surface area (Å²) in [4.78, 5) is 43.6. The van der Waals surface area contributed by atoms with E-state index in [1.165, 1.54) is 22.6 Å². The molecule has 7 nitrogen and oxygen atoms in total. The average molecular weight is 338 g/mol. The maximum atomic E-state index is 11.9. The molecule has 0 radical (unpaired) electrons. The second kappa shape index (κ2) is 6.57. The minimum absolute atomic E-state index is 0.0661. The molecule has 116 valence electrons. The van der Waals surface area contributed by atoms with Gasteiger partial charge < -0.3 is 10.6 Å². The molecule has 2 heterocycles. The molecule has 3 amide bonds. The first kappa shape index (κ1) is 15.2. The molecule has 2 N–H and O–H groups in total. The number of amides is 3. The summed E-state index contributed by atoms with van der Waals surface area (Å²) in [6.45, 7) is 0. The molecule has 0 saturated heterocycles. The first-order chi connectivity index (χ1) is 10.6. The summed E-state index contributed by atoms with van der Waals surface area (Å²) >= 11 is 2.55. The largest absolute Gasteiger partial charge is 0.305 e. The molecule has 22 heavy (non-hydrogen) atoms. The topological polar surface area (TPSA) is 101 Å². The van der Waals surface area contributed by atoms with Crippen molar-refractivity contribution in [2.45, 2.75) is 32.1 Å². The zero-order valence-electron chi connectivity index (χ0n) is 11.7. The molecule has 0 atom stereocenters. The van der Waals surface area contributed by atoms with E-state index in [1.54, 1.807) is 0 Å². The number of carbonyl (C=O) groups excluding carboxylic acids is 3. The van der Waals surface area contributed by atoms with Gasteiger partial charge in [0.1, 0.15) is 6.42 Å². The van der Waals surface area contributed by atoms with Crippen molar-refractivity contribution in [2.75, 3.05) is 11.1 Å². The van der Waals surface area contributed by atoms with Crippen LogP contribution in [0, 0.1) is 0 Å². The third-order valence-electron chi connectivity index (χ3n) is 3.22. The van der Waals surface area contributed by atoms with Gasteiger partial charge in [-0.2, -0.15) is 4.99 Å². The highest BCUT2D eigenvalue weighted by Crippen LogP contribution is 2.29. The molecule has 3 rings (SSSR count). The van der Waals surface area contributed by atoms with Crippen molar-refractivity contribution < 1.29 is 14.4 Å². The van der Waals surface area contributed by atoms with Gasteiger partial charge in [-0.1, -0.05) is 11.8 Å². The van der Waals surface area contributed by atoms with E-state index >= 15 is 0 Å². The summed E-state index contributed by atoms with van der Waals surface area (Å²) in [7, 11) is 0. The minimum atomic E-state index is -0.487. The van der Waals surface area contributed by atoms with Crippen molar-refractivity contribution in [1.29, 1.82) is 0 Å². The van der Waals surface area contributed by atoms with Crippen molar-refractivity contribution >= 4 is 51.1 Å². The van der Waals surface area contributed by atoms with Gasteiger partial charge in [0, 0.05) is 4.88 Å². The Labute approximate surface area is 135 Å². The van der Waals surface area contributed by atoms with E-state index < -0.39 is 11.8 Å². The number of thiazole rings is 1.